The molecule has 40 heavy (non-hydrogen) atoms. The fraction of sp³-hybridized carbons (Fsp3) is 0.385. The number of amides is 2. The Morgan fingerprint density at radius 1 is 1.05 bits per heavy atom. The number of carbonyl (C=O) groups is 2. The van der Waals surface area contributed by atoms with Crippen LogP contribution >= 0.6 is 0 Å². The number of sulfonamides is 1. The van der Waals surface area contributed by atoms with E-state index in [1.54, 1.807) is 0 Å². The minimum atomic E-state index is -4.63. The molecular weight excluding hydrogens is 549 g/mol. The molecule has 2 heterocycles. The van der Waals surface area contributed by atoms with Crippen LogP contribution in [0.3, 0.4) is 0 Å². The standard InChI is InChI=1S/C26H29F3N6O4S/c1-18(2)20-5-3-19(4-6-20)15-30-25(37)23-16-33(24(36)17-34-12-11-31-32-34)13-14-35(23)40(38,39)22-9-7-21(8-10-22)26(27,28)29/h3-12,18,23H,13-17H2,1-2H3,(H,30,37)/t23-/m1/s1. The number of benzene rings is 2. The number of alkyl halides is 3. The number of hydrogen-bond acceptors (Lipinski definition) is 6. The average molecular weight is 579 g/mol. The van der Waals surface area contributed by atoms with Crippen molar-refractivity contribution >= 4 is 21.8 Å². The van der Waals surface area contributed by atoms with E-state index in [9.17, 15) is 31.2 Å². The van der Waals surface area contributed by atoms with Gasteiger partial charge in [0.15, 0.2) is 0 Å². The molecule has 3 aromatic rings. The Labute approximate surface area is 229 Å². The molecule has 1 aliphatic heterocycles. The van der Waals surface area contributed by atoms with Gasteiger partial charge in [-0.1, -0.05) is 43.3 Å². The lowest BCUT2D eigenvalue weighted by atomic mass is 10.0. The highest BCUT2D eigenvalue weighted by molar-refractivity contribution is 7.89. The van der Waals surface area contributed by atoms with Crippen molar-refractivity contribution in [2.24, 2.45) is 0 Å². The highest BCUT2D eigenvalue weighted by Gasteiger charge is 2.41. The predicted molar refractivity (Wildman–Crippen MR) is 138 cm³/mol. The molecular formula is C26H29F3N6O4S. The zero-order valence-corrected chi connectivity index (χ0v) is 22.7. The van der Waals surface area contributed by atoms with Gasteiger partial charge in [-0.3, -0.25) is 9.59 Å². The summed E-state index contributed by atoms with van der Waals surface area (Å²) in [6.07, 6.45) is -1.72. The summed E-state index contributed by atoms with van der Waals surface area (Å²) in [5.41, 5.74) is 0.926. The number of aromatic nitrogens is 3. The molecule has 0 bridgehead atoms. The summed E-state index contributed by atoms with van der Waals surface area (Å²) in [5.74, 6) is -0.697. The number of hydrogen-bond donors (Lipinski definition) is 1. The topological polar surface area (TPSA) is 118 Å². The minimum absolute atomic E-state index is 0.0200. The maximum absolute atomic E-state index is 13.5. The first-order valence-corrected chi connectivity index (χ1v) is 14.0. The van der Waals surface area contributed by atoms with Gasteiger partial charge < -0.3 is 10.2 Å². The van der Waals surface area contributed by atoms with E-state index in [1.165, 1.54) is 22.0 Å². The third-order valence-electron chi connectivity index (χ3n) is 6.66. The van der Waals surface area contributed by atoms with Crippen LogP contribution in [0.4, 0.5) is 13.2 Å². The number of nitrogens with zero attached hydrogens (tertiary/aromatic N) is 5. The van der Waals surface area contributed by atoms with Crippen molar-refractivity contribution in [1.29, 1.82) is 0 Å². The molecule has 0 spiro atoms. The summed E-state index contributed by atoms with van der Waals surface area (Å²) in [7, 11) is -4.38. The van der Waals surface area contributed by atoms with Crippen LogP contribution in [0.5, 0.6) is 0 Å². The lowest BCUT2D eigenvalue weighted by Gasteiger charge is -2.39. The Kier molecular flexibility index (Phi) is 8.59. The second kappa shape index (κ2) is 11.8. The van der Waals surface area contributed by atoms with E-state index in [1.807, 2.05) is 24.3 Å². The van der Waals surface area contributed by atoms with Crippen LogP contribution in [0.1, 0.15) is 36.5 Å². The predicted octanol–water partition coefficient (Wildman–Crippen LogP) is 2.64. The van der Waals surface area contributed by atoms with E-state index in [-0.39, 0.29) is 43.5 Å². The van der Waals surface area contributed by atoms with Gasteiger partial charge in [0, 0.05) is 32.4 Å². The minimum Gasteiger partial charge on any atom is -0.351 e. The SMILES string of the molecule is CC(C)c1ccc(CNC(=O)[C@H]2CN(C(=O)Cn3ccnn3)CCN2S(=O)(=O)c2ccc(C(F)(F)F)cc2)cc1. The first-order valence-electron chi connectivity index (χ1n) is 12.5. The zero-order chi connectivity index (χ0) is 29.1. The molecule has 1 atom stereocenters. The summed E-state index contributed by atoms with van der Waals surface area (Å²) < 4.78 is 68.3. The monoisotopic (exact) mass is 578 g/mol. The van der Waals surface area contributed by atoms with Gasteiger partial charge in [-0.05, 0) is 41.3 Å². The van der Waals surface area contributed by atoms with E-state index < -0.39 is 33.7 Å². The number of rotatable bonds is 8. The smallest absolute Gasteiger partial charge is 0.351 e. The van der Waals surface area contributed by atoms with Crippen LogP contribution in [0.25, 0.3) is 0 Å². The Balaban J connectivity index is 1.56. The molecule has 10 nitrogen and oxygen atoms in total. The Morgan fingerprint density at radius 3 is 2.30 bits per heavy atom. The van der Waals surface area contributed by atoms with Gasteiger partial charge in [0.1, 0.15) is 12.6 Å². The van der Waals surface area contributed by atoms with Gasteiger partial charge in [0.05, 0.1) is 16.7 Å². The Hall–Kier alpha value is -3.78. The third kappa shape index (κ3) is 6.67. The molecule has 1 aliphatic rings. The second-order valence-corrected chi connectivity index (χ2v) is 11.6. The molecule has 1 saturated heterocycles. The van der Waals surface area contributed by atoms with Crippen molar-refractivity contribution in [3.05, 3.63) is 77.6 Å². The first kappa shape index (κ1) is 29.2. The molecule has 2 aromatic carbocycles. The van der Waals surface area contributed by atoms with Gasteiger partial charge in [0.2, 0.25) is 21.8 Å². The van der Waals surface area contributed by atoms with Crippen molar-refractivity contribution in [3.8, 4) is 0 Å². The Morgan fingerprint density at radius 2 is 1.73 bits per heavy atom. The van der Waals surface area contributed by atoms with Crippen molar-refractivity contribution in [2.45, 2.75) is 50.0 Å². The van der Waals surface area contributed by atoms with E-state index in [2.05, 4.69) is 29.5 Å². The van der Waals surface area contributed by atoms with E-state index >= 15 is 0 Å². The highest BCUT2D eigenvalue weighted by atomic mass is 32.2. The number of halogens is 3. The maximum Gasteiger partial charge on any atom is 0.416 e. The molecule has 0 radical (unpaired) electrons. The maximum atomic E-state index is 13.5. The average Bonchev–Trinajstić information content (AvgIpc) is 3.44. The molecule has 0 saturated carbocycles. The van der Waals surface area contributed by atoms with Crippen molar-refractivity contribution in [1.82, 2.24) is 29.5 Å². The zero-order valence-electron chi connectivity index (χ0n) is 21.9. The van der Waals surface area contributed by atoms with Crippen molar-refractivity contribution < 1.29 is 31.2 Å². The largest absolute Gasteiger partial charge is 0.416 e. The summed E-state index contributed by atoms with van der Waals surface area (Å²) in [6, 6.07) is 9.40. The van der Waals surface area contributed by atoms with Gasteiger partial charge in [-0.2, -0.15) is 17.5 Å². The van der Waals surface area contributed by atoms with Crippen LogP contribution in [-0.2, 0) is 38.9 Å². The number of piperazine rings is 1. The molecule has 4 rings (SSSR count). The quantitative estimate of drug-likeness (QED) is 0.439. The molecule has 214 valence electrons. The van der Waals surface area contributed by atoms with Crippen molar-refractivity contribution in [2.75, 3.05) is 19.6 Å². The van der Waals surface area contributed by atoms with Gasteiger partial charge in [-0.25, -0.2) is 13.1 Å². The molecule has 1 aromatic heterocycles. The van der Waals surface area contributed by atoms with Gasteiger partial charge in [0.25, 0.3) is 0 Å². The van der Waals surface area contributed by atoms with E-state index in [0.29, 0.717) is 18.1 Å². The van der Waals surface area contributed by atoms with Crippen LogP contribution < -0.4 is 5.32 Å². The molecule has 1 N–H and O–H groups in total. The molecule has 2 amide bonds. The van der Waals surface area contributed by atoms with Gasteiger partial charge in [-0.15, -0.1) is 5.10 Å². The lowest BCUT2D eigenvalue weighted by Crippen LogP contribution is -2.61. The molecule has 1 fully saturated rings. The van der Waals surface area contributed by atoms with E-state index in [0.717, 1.165) is 27.6 Å². The van der Waals surface area contributed by atoms with Crippen LogP contribution in [-0.4, -0.2) is 70.1 Å². The highest BCUT2D eigenvalue weighted by Crippen LogP contribution is 2.31. The summed E-state index contributed by atoms with van der Waals surface area (Å²) in [6.45, 7) is 3.59. The molecule has 14 heteroatoms. The number of nitrogens with one attached hydrogen (secondary N) is 1. The van der Waals surface area contributed by atoms with Crippen LogP contribution in [0, 0.1) is 0 Å². The van der Waals surface area contributed by atoms with Crippen LogP contribution in [0.15, 0.2) is 65.8 Å². The summed E-state index contributed by atoms with van der Waals surface area (Å²) >= 11 is 0. The molecule has 0 aliphatic carbocycles. The summed E-state index contributed by atoms with van der Waals surface area (Å²) in [4.78, 5) is 27.2. The third-order valence-corrected chi connectivity index (χ3v) is 8.58. The number of carbonyl (C=O) groups excluding carboxylic acids is 2. The fourth-order valence-electron chi connectivity index (χ4n) is 4.33. The second-order valence-electron chi connectivity index (χ2n) is 9.71. The normalized spacial score (nSPS) is 16.8. The summed E-state index contributed by atoms with van der Waals surface area (Å²) in [5, 5.41) is 10.2. The van der Waals surface area contributed by atoms with E-state index in [4.69, 9.17) is 0 Å². The fourth-order valence-corrected chi connectivity index (χ4v) is 5.90. The van der Waals surface area contributed by atoms with Crippen molar-refractivity contribution in [3.63, 3.8) is 0 Å². The lowest BCUT2D eigenvalue weighted by molar-refractivity contribution is -0.138. The molecule has 0 unspecified atom stereocenters. The van der Waals surface area contributed by atoms with Crippen LogP contribution in [0.2, 0.25) is 0 Å². The van der Waals surface area contributed by atoms with Gasteiger partial charge >= 0.3 is 6.18 Å². The first-order chi connectivity index (χ1) is 18.9. The Bertz CT molecular complexity index is 1430.